The molecule has 1 aromatic carbocycles. The van der Waals surface area contributed by atoms with Crippen LogP contribution in [-0.4, -0.2) is 57.4 Å². The molecule has 0 unspecified atom stereocenters. The third-order valence-corrected chi connectivity index (χ3v) is 6.80. The van der Waals surface area contributed by atoms with E-state index in [-0.39, 0.29) is 24.1 Å². The third kappa shape index (κ3) is 6.34. The van der Waals surface area contributed by atoms with Gasteiger partial charge in [-0.15, -0.1) is 0 Å². The van der Waals surface area contributed by atoms with Gasteiger partial charge in [-0.1, -0.05) is 24.3 Å². The van der Waals surface area contributed by atoms with Gasteiger partial charge in [-0.2, -0.15) is 4.98 Å². The summed E-state index contributed by atoms with van der Waals surface area (Å²) in [5.74, 6) is 0.508. The number of hydrogen-bond acceptors (Lipinski definition) is 7. The minimum Gasteiger partial charge on any atom is -0.444 e. The average molecular weight is 500 g/mol. The molecule has 2 aromatic rings. The number of hydrogen-bond donors (Lipinski definition) is 2. The summed E-state index contributed by atoms with van der Waals surface area (Å²) in [5, 5.41) is 3.17. The van der Waals surface area contributed by atoms with Crippen LogP contribution in [0.1, 0.15) is 82.5 Å². The fourth-order valence-electron chi connectivity index (χ4n) is 4.85. The molecule has 2 N–H and O–H groups in total. The molecule has 3 heterocycles. The van der Waals surface area contributed by atoms with Crippen LogP contribution in [0.2, 0.25) is 0 Å². The highest BCUT2D eigenvalue weighted by Gasteiger charge is 2.28. The van der Waals surface area contributed by atoms with Crippen LogP contribution in [0.3, 0.4) is 0 Å². The van der Waals surface area contributed by atoms with Crippen molar-refractivity contribution in [3.63, 3.8) is 0 Å². The van der Waals surface area contributed by atoms with E-state index in [9.17, 15) is 14.4 Å². The van der Waals surface area contributed by atoms with Gasteiger partial charge in [0.1, 0.15) is 5.60 Å². The van der Waals surface area contributed by atoms with Crippen molar-refractivity contribution in [2.75, 3.05) is 31.6 Å². The molecule has 0 aliphatic carbocycles. The van der Waals surface area contributed by atoms with Gasteiger partial charge >= 0.3 is 17.5 Å². The summed E-state index contributed by atoms with van der Waals surface area (Å²) in [5.41, 5.74) is 0.731. The molecule has 0 saturated carbocycles. The SMILES string of the molecule is C[C@H](Nc1nc(=O)n(C2CCOCC2)c(=O)[nH]1)c1cccc(C2CCN(C(=O)OC(C)(C)C)CC2)c1. The van der Waals surface area contributed by atoms with Crippen LogP contribution in [0, 0.1) is 0 Å². The largest absolute Gasteiger partial charge is 0.444 e. The summed E-state index contributed by atoms with van der Waals surface area (Å²) in [6.07, 6.45) is 2.72. The van der Waals surface area contributed by atoms with E-state index in [0.29, 0.717) is 45.1 Å². The number of nitrogens with one attached hydrogen (secondary N) is 2. The Hall–Kier alpha value is -3.14. The number of carbonyl (C=O) groups is 1. The number of aromatic amines is 1. The lowest BCUT2D eigenvalue weighted by atomic mass is 9.88. The second-order valence-electron chi connectivity index (χ2n) is 10.7. The maximum absolute atomic E-state index is 12.6. The minimum absolute atomic E-state index is 0.164. The zero-order valence-corrected chi connectivity index (χ0v) is 21.6. The monoisotopic (exact) mass is 499 g/mol. The van der Waals surface area contributed by atoms with E-state index in [0.717, 1.165) is 18.4 Å². The van der Waals surface area contributed by atoms with Crippen molar-refractivity contribution < 1.29 is 14.3 Å². The Morgan fingerprint density at radius 1 is 1.17 bits per heavy atom. The third-order valence-electron chi connectivity index (χ3n) is 6.80. The number of benzene rings is 1. The molecular weight excluding hydrogens is 462 g/mol. The molecule has 4 rings (SSSR count). The summed E-state index contributed by atoms with van der Waals surface area (Å²) >= 11 is 0. The minimum atomic E-state index is -0.550. The Kier molecular flexibility index (Phi) is 7.82. The normalized spacial score (nSPS) is 18.6. The first kappa shape index (κ1) is 25.9. The lowest BCUT2D eigenvalue weighted by Crippen LogP contribution is -2.42. The molecule has 196 valence electrons. The number of ether oxygens (including phenoxy) is 2. The van der Waals surface area contributed by atoms with Crippen molar-refractivity contribution in [1.29, 1.82) is 0 Å². The molecule has 1 atom stereocenters. The van der Waals surface area contributed by atoms with Crippen LogP contribution >= 0.6 is 0 Å². The summed E-state index contributed by atoms with van der Waals surface area (Å²) in [6.45, 7) is 9.98. The number of H-pyrrole nitrogens is 1. The van der Waals surface area contributed by atoms with Crippen molar-refractivity contribution in [3.8, 4) is 0 Å². The Labute approximate surface area is 211 Å². The van der Waals surface area contributed by atoms with Crippen LogP contribution in [0.4, 0.5) is 10.7 Å². The molecule has 1 aromatic heterocycles. The van der Waals surface area contributed by atoms with Crippen LogP contribution < -0.4 is 16.7 Å². The van der Waals surface area contributed by atoms with E-state index in [2.05, 4.69) is 27.4 Å². The highest BCUT2D eigenvalue weighted by atomic mass is 16.6. The first-order valence-corrected chi connectivity index (χ1v) is 12.8. The Bertz CT molecular complexity index is 1140. The van der Waals surface area contributed by atoms with Crippen molar-refractivity contribution >= 4 is 12.0 Å². The fraction of sp³-hybridized carbons (Fsp3) is 0.615. The van der Waals surface area contributed by atoms with Crippen LogP contribution in [0.5, 0.6) is 0 Å². The van der Waals surface area contributed by atoms with Crippen LogP contribution in [0.15, 0.2) is 33.9 Å². The molecule has 0 spiro atoms. The number of amides is 1. The Morgan fingerprint density at radius 2 is 1.86 bits per heavy atom. The Morgan fingerprint density at radius 3 is 2.50 bits per heavy atom. The summed E-state index contributed by atoms with van der Waals surface area (Å²) < 4.78 is 12.0. The average Bonchev–Trinajstić information content (AvgIpc) is 2.83. The number of aromatic nitrogens is 3. The van der Waals surface area contributed by atoms with E-state index in [1.165, 1.54) is 10.1 Å². The molecular formula is C26H37N5O5. The highest BCUT2D eigenvalue weighted by Crippen LogP contribution is 2.30. The van der Waals surface area contributed by atoms with Crippen molar-refractivity contribution in [2.45, 2.75) is 77.0 Å². The fourth-order valence-corrected chi connectivity index (χ4v) is 4.85. The van der Waals surface area contributed by atoms with Gasteiger partial charge in [-0.3, -0.25) is 4.98 Å². The summed E-state index contributed by atoms with van der Waals surface area (Å²) in [6, 6.07) is 7.92. The van der Waals surface area contributed by atoms with Crippen LogP contribution in [-0.2, 0) is 9.47 Å². The van der Waals surface area contributed by atoms with Gasteiger partial charge in [0.05, 0.1) is 6.04 Å². The van der Waals surface area contributed by atoms with Gasteiger partial charge in [-0.25, -0.2) is 19.0 Å². The molecule has 0 radical (unpaired) electrons. The van der Waals surface area contributed by atoms with Gasteiger partial charge < -0.3 is 19.7 Å². The van der Waals surface area contributed by atoms with E-state index in [1.54, 1.807) is 4.90 Å². The van der Waals surface area contributed by atoms with E-state index < -0.39 is 17.0 Å². The van der Waals surface area contributed by atoms with E-state index in [4.69, 9.17) is 9.47 Å². The smallest absolute Gasteiger partial charge is 0.410 e. The molecule has 2 fully saturated rings. The molecule has 2 aliphatic heterocycles. The van der Waals surface area contributed by atoms with Gasteiger partial charge in [0.25, 0.3) is 0 Å². The number of likely N-dealkylation sites (tertiary alicyclic amines) is 1. The molecule has 36 heavy (non-hydrogen) atoms. The highest BCUT2D eigenvalue weighted by molar-refractivity contribution is 5.68. The molecule has 2 aliphatic rings. The topological polar surface area (TPSA) is 119 Å². The predicted molar refractivity (Wildman–Crippen MR) is 136 cm³/mol. The van der Waals surface area contributed by atoms with Gasteiger partial charge in [0, 0.05) is 32.3 Å². The van der Waals surface area contributed by atoms with Crippen LogP contribution in [0.25, 0.3) is 0 Å². The molecule has 10 nitrogen and oxygen atoms in total. The van der Waals surface area contributed by atoms with E-state index >= 15 is 0 Å². The molecule has 1 amide bonds. The number of carbonyl (C=O) groups excluding carboxylic acids is 1. The Balaban J connectivity index is 1.40. The van der Waals surface area contributed by atoms with Crippen molar-refractivity contribution in [3.05, 3.63) is 56.4 Å². The van der Waals surface area contributed by atoms with Crippen molar-refractivity contribution in [2.24, 2.45) is 0 Å². The molecule has 2 saturated heterocycles. The lowest BCUT2D eigenvalue weighted by molar-refractivity contribution is 0.0205. The summed E-state index contributed by atoms with van der Waals surface area (Å²) in [4.78, 5) is 46.2. The second kappa shape index (κ2) is 10.9. The van der Waals surface area contributed by atoms with Crippen molar-refractivity contribution in [1.82, 2.24) is 19.4 Å². The zero-order chi connectivity index (χ0) is 25.9. The molecule has 10 heteroatoms. The standard InChI is InChI=1S/C26H37N5O5/c1-17(27-22-28-23(32)31(24(33)29-22)21-10-14-35-15-11-21)19-6-5-7-20(16-19)18-8-12-30(13-9-18)25(34)36-26(2,3)4/h5-7,16-18,21H,8-15H2,1-4H3,(H2,27,28,29,32,33)/t17-/m0/s1. The summed E-state index contributed by atoms with van der Waals surface area (Å²) in [7, 11) is 0. The van der Waals surface area contributed by atoms with Gasteiger partial charge in [0.2, 0.25) is 5.95 Å². The quantitative estimate of drug-likeness (QED) is 0.646. The molecule has 0 bridgehead atoms. The lowest BCUT2D eigenvalue weighted by Gasteiger charge is -2.33. The number of piperidine rings is 1. The maximum Gasteiger partial charge on any atom is 0.410 e. The zero-order valence-electron chi connectivity index (χ0n) is 21.6. The first-order valence-electron chi connectivity index (χ1n) is 12.8. The maximum atomic E-state index is 12.6. The number of nitrogens with zero attached hydrogens (tertiary/aromatic N) is 3. The van der Waals surface area contributed by atoms with Gasteiger partial charge in [-0.05, 0) is 70.4 Å². The van der Waals surface area contributed by atoms with E-state index in [1.807, 2.05) is 39.8 Å². The first-order chi connectivity index (χ1) is 17.1. The predicted octanol–water partition coefficient (Wildman–Crippen LogP) is 3.57. The second-order valence-corrected chi connectivity index (χ2v) is 10.7. The number of anilines is 1. The van der Waals surface area contributed by atoms with Gasteiger partial charge in [0.15, 0.2) is 0 Å². The number of rotatable bonds is 5.